The van der Waals surface area contributed by atoms with Crippen molar-refractivity contribution in [1.29, 1.82) is 0 Å². The lowest BCUT2D eigenvalue weighted by Crippen LogP contribution is -2.40. The first kappa shape index (κ1) is 10.5. The first-order chi connectivity index (χ1) is 8.25. The van der Waals surface area contributed by atoms with Crippen LogP contribution in [-0.4, -0.2) is 34.3 Å². The lowest BCUT2D eigenvalue weighted by molar-refractivity contribution is -0.142. The molecule has 0 aromatic heterocycles. The van der Waals surface area contributed by atoms with Crippen LogP contribution in [-0.2, 0) is 11.3 Å². The molecular formula is C13H14N2O2. The Labute approximate surface area is 99.6 Å². The molecule has 17 heavy (non-hydrogen) atoms. The van der Waals surface area contributed by atoms with Gasteiger partial charge in [-0.2, -0.15) is 0 Å². The summed E-state index contributed by atoms with van der Waals surface area (Å²) in [5.41, 5.74) is 2.07. The molecule has 4 heteroatoms. The predicted octanol–water partition coefficient (Wildman–Crippen LogP) is 1.82. The van der Waals surface area contributed by atoms with Crippen LogP contribution in [0.1, 0.15) is 18.4 Å². The van der Waals surface area contributed by atoms with E-state index < -0.39 is 5.97 Å². The van der Waals surface area contributed by atoms with E-state index >= 15 is 0 Å². The van der Waals surface area contributed by atoms with E-state index in [0.29, 0.717) is 13.0 Å². The average molecular weight is 230 g/mol. The fourth-order valence-corrected chi connectivity index (χ4v) is 2.68. The molecule has 0 radical (unpaired) electrons. The molecule has 2 atom stereocenters. The highest BCUT2D eigenvalue weighted by molar-refractivity contribution is 5.78. The minimum atomic E-state index is -0.722. The van der Waals surface area contributed by atoms with E-state index in [1.54, 1.807) is 0 Å². The number of carboxylic acid groups (broad SMARTS) is 1. The van der Waals surface area contributed by atoms with Gasteiger partial charge in [0.2, 0.25) is 0 Å². The number of fused-ring (bicyclic) bond motifs is 2. The fourth-order valence-electron chi connectivity index (χ4n) is 2.68. The summed E-state index contributed by atoms with van der Waals surface area (Å²) in [5, 5.41) is 9.21. The van der Waals surface area contributed by atoms with Crippen molar-refractivity contribution in [2.75, 3.05) is 0 Å². The second-order valence-electron chi connectivity index (χ2n) is 4.58. The summed E-state index contributed by atoms with van der Waals surface area (Å²) in [6.07, 6.45) is 3.50. The number of carboxylic acids is 1. The number of para-hydroxylation sites is 1. The number of hydrogen-bond acceptors (Lipinski definition) is 3. The highest BCUT2D eigenvalue weighted by atomic mass is 16.4. The summed E-state index contributed by atoms with van der Waals surface area (Å²) in [6, 6.07) is 7.74. The van der Waals surface area contributed by atoms with E-state index in [2.05, 4.69) is 4.99 Å². The molecule has 1 aromatic carbocycles. The fraction of sp³-hybridized carbons (Fsp3) is 0.385. The lowest BCUT2D eigenvalue weighted by Gasteiger charge is -2.24. The van der Waals surface area contributed by atoms with Gasteiger partial charge in [-0.05, 0) is 24.5 Å². The van der Waals surface area contributed by atoms with Crippen LogP contribution in [0.25, 0.3) is 0 Å². The maximum absolute atomic E-state index is 11.2. The molecule has 1 fully saturated rings. The van der Waals surface area contributed by atoms with Crippen LogP contribution in [0.3, 0.4) is 0 Å². The predicted molar refractivity (Wildman–Crippen MR) is 64.6 cm³/mol. The Morgan fingerprint density at radius 1 is 1.35 bits per heavy atom. The van der Waals surface area contributed by atoms with Crippen LogP contribution in [0.5, 0.6) is 0 Å². The van der Waals surface area contributed by atoms with Crippen LogP contribution >= 0.6 is 0 Å². The molecular weight excluding hydrogens is 216 g/mol. The lowest BCUT2D eigenvalue weighted by atomic mass is 10.1. The monoisotopic (exact) mass is 230 g/mol. The summed E-state index contributed by atoms with van der Waals surface area (Å²) in [4.78, 5) is 17.7. The third kappa shape index (κ3) is 1.74. The van der Waals surface area contributed by atoms with Gasteiger partial charge in [0.1, 0.15) is 6.04 Å². The third-order valence-corrected chi connectivity index (χ3v) is 3.58. The number of hydrogen-bond donors (Lipinski definition) is 1. The standard InChI is InChI=1S/C13H14N2O2/c16-13(17)12-6-5-10-7-14-11-4-2-1-3-9(11)8-15(10)12/h1-4,7,10,12H,5-6,8H2,(H,16,17). The van der Waals surface area contributed by atoms with Crippen molar-refractivity contribution >= 4 is 17.9 Å². The number of benzene rings is 1. The van der Waals surface area contributed by atoms with Gasteiger partial charge in [0.25, 0.3) is 0 Å². The Kier molecular flexibility index (Phi) is 2.44. The quantitative estimate of drug-likeness (QED) is 0.800. The van der Waals surface area contributed by atoms with Gasteiger partial charge in [0.15, 0.2) is 0 Å². The molecule has 1 N–H and O–H groups in total. The van der Waals surface area contributed by atoms with Gasteiger partial charge in [0, 0.05) is 18.8 Å². The first-order valence-electron chi connectivity index (χ1n) is 5.86. The second-order valence-corrected chi connectivity index (χ2v) is 4.58. The number of aliphatic imine (C=N–C) groups is 1. The topological polar surface area (TPSA) is 52.9 Å². The Bertz CT molecular complexity index is 484. The zero-order valence-corrected chi connectivity index (χ0v) is 9.41. The van der Waals surface area contributed by atoms with Crippen LogP contribution < -0.4 is 0 Å². The second kappa shape index (κ2) is 3.96. The average Bonchev–Trinajstić information content (AvgIpc) is 2.63. The number of carbonyl (C=O) groups is 1. The molecule has 1 saturated heterocycles. The van der Waals surface area contributed by atoms with E-state index in [1.165, 1.54) is 0 Å². The Hall–Kier alpha value is -1.68. The van der Waals surface area contributed by atoms with Gasteiger partial charge >= 0.3 is 5.97 Å². The maximum Gasteiger partial charge on any atom is 0.320 e. The summed E-state index contributed by atoms with van der Waals surface area (Å²) in [6.45, 7) is 0.678. The smallest absolute Gasteiger partial charge is 0.320 e. The minimum absolute atomic E-state index is 0.170. The molecule has 1 aromatic rings. The summed E-state index contributed by atoms with van der Waals surface area (Å²) in [5.74, 6) is -0.722. The van der Waals surface area contributed by atoms with Gasteiger partial charge in [-0.15, -0.1) is 0 Å². The molecule has 2 aliphatic heterocycles. The van der Waals surface area contributed by atoms with Crippen molar-refractivity contribution in [1.82, 2.24) is 4.90 Å². The van der Waals surface area contributed by atoms with Crippen molar-refractivity contribution in [3.05, 3.63) is 29.8 Å². The normalized spacial score (nSPS) is 27.3. The Balaban J connectivity index is 1.96. The molecule has 0 spiro atoms. The van der Waals surface area contributed by atoms with Crippen LogP contribution in [0.15, 0.2) is 29.3 Å². The van der Waals surface area contributed by atoms with Crippen molar-refractivity contribution in [2.24, 2.45) is 4.99 Å². The maximum atomic E-state index is 11.2. The molecule has 0 amide bonds. The van der Waals surface area contributed by atoms with Gasteiger partial charge in [0.05, 0.1) is 5.69 Å². The molecule has 0 bridgehead atoms. The summed E-state index contributed by atoms with van der Waals surface area (Å²) >= 11 is 0. The molecule has 2 aliphatic rings. The molecule has 0 saturated carbocycles. The highest BCUT2D eigenvalue weighted by Crippen LogP contribution is 2.31. The van der Waals surface area contributed by atoms with Crippen LogP contribution in [0.4, 0.5) is 5.69 Å². The molecule has 3 rings (SSSR count). The first-order valence-corrected chi connectivity index (χ1v) is 5.86. The van der Waals surface area contributed by atoms with Crippen molar-refractivity contribution in [2.45, 2.75) is 31.5 Å². The molecule has 4 nitrogen and oxygen atoms in total. The summed E-state index contributed by atoms with van der Waals surface area (Å²) in [7, 11) is 0. The van der Waals surface area contributed by atoms with E-state index in [4.69, 9.17) is 0 Å². The molecule has 2 unspecified atom stereocenters. The zero-order chi connectivity index (χ0) is 11.8. The Morgan fingerprint density at radius 3 is 3.00 bits per heavy atom. The van der Waals surface area contributed by atoms with E-state index in [9.17, 15) is 9.90 Å². The van der Waals surface area contributed by atoms with Gasteiger partial charge in [-0.3, -0.25) is 14.7 Å². The van der Waals surface area contributed by atoms with Crippen molar-refractivity contribution in [3.63, 3.8) is 0 Å². The van der Waals surface area contributed by atoms with Gasteiger partial charge in [-0.1, -0.05) is 18.2 Å². The number of nitrogens with zero attached hydrogens (tertiary/aromatic N) is 2. The third-order valence-electron chi connectivity index (χ3n) is 3.58. The van der Waals surface area contributed by atoms with E-state index in [-0.39, 0.29) is 12.1 Å². The van der Waals surface area contributed by atoms with Gasteiger partial charge in [-0.25, -0.2) is 0 Å². The molecule has 0 aliphatic carbocycles. The van der Waals surface area contributed by atoms with Crippen molar-refractivity contribution in [3.8, 4) is 0 Å². The van der Waals surface area contributed by atoms with E-state index in [0.717, 1.165) is 17.7 Å². The molecule has 2 heterocycles. The zero-order valence-electron chi connectivity index (χ0n) is 9.41. The van der Waals surface area contributed by atoms with Crippen molar-refractivity contribution < 1.29 is 9.90 Å². The minimum Gasteiger partial charge on any atom is -0.480 e. The number of aliphatic carboxylic acids is 1. The Morgan fingerprint density at radius 2 is 2.18 bits per heavy atom. The number of rotatable bonds is 1. The van der Waals surface area contributed by atoms with Crippen LogP contribution in [0.2, 0.25) is 0 Å². The SMILES string of the molecule is O=C(O)C1CCC2C=Nc3ccccc3CN21. The largest absolute Gasteiger partial charge is 0.480 e. The summed E-state index contributed by atoms with van der Waals surface area (Å²) < 4.78 is 0. The van der Waals surface area contributed by atoms with Gasteiger partial charge < -0.3 is 5.11 Å². The molecule has 88 valence electrons. The van der Waals surface area contributed by atoms with E-state index in [1.807, 2.05) is 35.4 Å². The highest BCUT2D eigenvalue weighted by Gasteiger charge is 2.38. The van der Waals surface area contributed by atoms with Crippen LogP contribution in [0, 0.1) is 0 Å².